The van der Waals surface area contributed by atoms with Crippen LogP contribution in [0.25, 0.3) is 0 Å². The van der Waals surface area contributed by atoms with E-state index < -0.39 is 0 Å². The van der Waals surface area contributed by atoms with Gasteiger partial charge < -0.3 is 24.6 Å². The fourth-order valence-electron chi connectivity index (χ4n) is 3.23. The molecule has 8 heteroatoms. The van der Waals surface area contributed by atoms with Crippen LogP contribution in [0.2, 0.25) is 0 Å². The number of halogens is 1. The van der Waals surface area contributed by atoms with Gasteiger partial charge in [-0.15, -0.1) is 24.0 Å². The van der Waals surface area contributed by atoms with Gasteiger partial charge >= 0.3 is 6.09 Å². The molecule has 25 heavy (non-hydrogen) atoms. The monoisotopic (exact) mass is 468 g/mol. The highest BCUT2D eigenvalue weighted by Gasteiger charge is 2.23. The summed E-state index contributed by atoms with van der Waals surface area (Å²) in [6.07, 6.45) is 6.32. The van der Waals surface area contributed by atoms with Gasteiger partial charge in [-0.05, 0) is 26.2 Å². The van der Waals surface area contributed by atoms with Crippen molar-refractivity contribution in [2.24, 2.45) is 4.99 Å². The summed E-state index contributed by atoms with van der Waals surface area (Å²) in [7, 11) is 1.80. The number of ether oxygens (including phenoxy) is 2. The van der Waals surface area contributed by atoms with Crippen molar-refractivity contribution in [3.05, 3.63) is 0 Å². The molecule has 0 unspecified atom stereocenters. The van der Waals surface area contributed by atoms with Crippen molar-refractivity contribution < 1.29 is 14.3 Å². The molecule has 0 radical (unpaired) electrons. The second-order valence-corrected chi connectivity index (χ2v) is 6.28. The molecule has 1 N–H and O–H groups in total. The van der Waals surface area contributed by atoms with Crippen LogP contribution in [0, 0.1) is 0 Å². The first-order chi connectivity index (χ1) is 11.7. The number of nitrogens with one attached hydrogen (secondary N) is 1. The Hall–Kier alpha value is -0.770. The maximum atomic E-state index is 11.7. The maximum Gasteiger partial charge on any atom is 0.409 e. The van der Waals surface area contributed by atoms with Gasteiger partial charge in [0.1, 0.15) is 0 Å². The van der Waals surface area contributed by atoms with Crippen molar-refractivity contribution in [2.45, 2.75) is 45.1 Å². The average molecular weight is 468 g/mol. The minimum absolute atomic E-state index is 0. The number of guanidine groups is 1. The number of amides is 1. The fourth-order valence-corrected chi connectivity index (χ4v) is 3.23. The summed E-state index contributed by atoms with van der Waals surface area (Å²) in [6, 6.07) is 0. The highest BCUT2D eigenvalue weighted by Crippen LogP contribution is 2.20. The van der Waals surface area contributed by atoms with Gasteiger partial charge in [0.2, 0.25) is 0 Å². The Bertz CT molecular complexity index is 409. The van der Waals surface area contributed by atoms with Crippen LogP contribution in [0.1, 0.15) is 39.0 Å². The van der Waals surface area contributed by atoms with E-state index in [4.69, 9.17) is 9.47 Å². The standard InChI is InChI=1S/C17H32N4O3.HI/c1-3-23-17(22)21-12-10-20(11-13-21)16(18-2)19-9-6-14-24-15-7-4-5-8-15;/h15H,3-14H2,1-2H3,(H,18,19);1H. The minimum atomic E-state index is -0.218. The first-order valence-electron chi connectivity index (χ1n) is 9.23. The van der Waals surface area contributed by atoms with Crippen LogP contribution in [-0.4, -0.2) is 80.9 Å². The van der Waals surface area contributed by atoms with E-state index in [1.165, 1.54) is 25.7 Å². The predicted molar refractivity (Wildman–Crippen MR) is 110 cm³/mol. The van der Waals surface area contributed by atoms with Gasteiger partial charge in [-0.2, -0.15) is 0 Å². The summed E-state index contributed by atoms with van der Waals surface area (Å²) in [5.41, 5.74) is 0. The van der Waals surface area contributed by atoms with Gasteiger partial charge in [-0.25, -0.2) is 4.79 Å². The Balaban J connectivity index is 0.00000312. The molecule has 0 atom stereocenters. The second kappa shape index (κ2) is 12.6. The Morgan fingerprint density at radius 2 is 1.80 bits per heavy atom. The van der Waals surface area contributed by atoms with Gasteiger partial charge in [-0.3, -0.25) is 4.99 Å². The molecular weight excluding hydrogens is 435 g/mol. The number of piperazine rings is 1. The number of carbonyl (C=O) groups excluding carboxylic acids is 1. The van der Waals surface area contributed by atoms with Crippen LogP contribution in [0.5, 0.6) is 0 Å². The van der Waals surface area contributed by atoms with Crippen molar-refractivity contribution in [3.63, 3.8) is 0 Å². The quantitative estimate of drug-likeness (QED) is 0.281. The molecule has 0 bridgehead atoms. The molecular formula is C17H33IN4O3. The van der Waals surface area contributed by atoms with Gasteiger partial charge in [0.25, 0.3) is 0 Å². The zero-order valence-electron chi connectivity index (χ0n) is 15.5. The van der Waals surface area contributed by atoms with Crippen molar-refractivity contribution in [2.75, 3.05) is 53.0 Å². The third-order valence-corrected chi connectivity index (χ3v) is 4.58. The summed E-state index contributed by atoms with van der Waals surface area (Å²) >= 11 is 0. The zero-order chi connectivity index (χ0) is 17.2. The number of rotatable bonds is 6. The molecule has 146 valence electrons. The second-order valence-electron chi connectivity index (χ2n) is 6.28. The van der Waals surface area contributed by atoms with Crippen molar-refractivity contribution in [1.29, 1.82) is 0 Å². The third-order valence-electron chi connectivity index (χ3n) is 4.58. The molecule has 2 rings (SSSR count). The Kier molecular flexibility index (Phi) is 11.2. The third kappa shape index (κ3) is 7.55. The number of aliphatic imine (C=N–C) groups is 1. The summed E-state index contributed by atoms with van der Waals surface area (Å²) in [4.78, 5) is 20.0. The van der Waals surface area contributed by atoms with E-state index in [0.717, 1.165) is 38.6 Å². The zero-order valence-corrected chi connectivity index (χ0v) is 17.9. The predicted octanol–water partition coefficient (Wildman–Crippen LogP) is 2.30. The lowest BCUT2D eigenvalue weighted by Gasteiger charge is -2.35. The smallest absolute Gasteiger partial charge is 0.409 e. The van der Waals surface area contributed by atoms with Crippen LogP contribution in [-0.2, 0) is 9.47 Å². The van der Waals surface area contributed by atoms with Crippen LogP contribution >= 0.6 is 24.0 Å². The van der Waals surface area contributed by atoms with Gasteiger partial charge in [0.15, 0.2) is 5.96 Å². The molecule has 0 aromatic rings. The van der Waals surface area contributed by atoms with Gasteiger partial charge in [0.05, 0.1) is 12.7 Å². The van der Waals surface area contributed by atoms with E-state index in [1.807, 2.05) is 6.92 Å². The molecule has 2 fully saturated rings. The highest BCUT2D eigenvalue weighted by molar-refractivity contribution is 14.0. The van der Waals surface area contributed by atoms with Gasteiger partial charge in [-0.1, -0.05) is 12.8 Å². The average Bonchev–Trinajstić information content (AvgIpc) is 3.12. The molecule has 2 aliphatic rings. The SMILES string of the molecule is CCOC(=O)N1CCN(C(=NC)NCCCOC2CCCC2)CC1.I. The molecule has 1 heterocycles. The topological polar surface area (TPSA) is 66.4 Å². The number of carbonyl (C=O) groups is 1. The summed E-state index contributed by atoms with van der Waals surface area (Å²) in [6.45, 7) is 6.81. The van der Waals surface area contributed by atoms with E-state index in [0.29, 0.717) is 25.8 Å². The minimum Gasteiger partial charge on any atom is -0.450 e. The molecule has 1 saturated carbocycles. The largest absolute Gasteiger partial charge is 0.450 e. The maximum absolute atomic E-state index is 11.7. The fraction of sp³-hybridized carbons (Fsp3) is 0.882. The van der Waals surface area contributed by atoms with Crippen molar-refractivity contribution >= 4 is 36.0 Å². The molecule has 0 spiro atoms. The van der Waals surface area contributed by atoms with E-state index in [-0.39, 0.29) is 30.1 Å². The molecule has 0 aromatic heterocycles. The van der Waals surface area contributed by atoms with Crippen LogP contribution in [0.4, 0.5) is 4.79 Å². The van der Waals surface area contributed by atoms with E-state index in [2.05, 4.69) is 15.2 Å². The Labute approximate surface area is 168 Å². The first-order valence-corrected chi connectivity index (χ1v) is 9.23. The van der Waals surface area contributed by atoms with Crippen LogP contribution in [0.3, 0.4) is 0 Å². The summed E-state index contributed by atoms with van der Waals surface area (Å²) < 4.78 is 10.9. The Morgan fingerprint density at radius 3 is 2.40 bits per heavy atom. The molecule has 1 aliphatic heterocycles. The molecule has 1 amide bonds. The number of nitrogens with zero attached hydrogens (tertiary/aromatic N) is 3. The molecule has 1 saturated heterocycles. The van der Waals surface area contributed by atoms with E-state index >= 15 is 0 Å². The van der Waals surface area contributed by atoms with E-state index in [9.17, 15) is 4.79 Å². The first kappa shape index (κ1) is 22.3. The normalized spacial score (nSPS) is 18.9. The Morgan fingerprint density at radius 1 is 1.16 bits per heavy atom. The van der Waals surface area contributed by atoms with Crippen LogP contribution < -0.4 is 5.32 Å². The summed E-state index contributed by atoms with van der Waals surface area (Å²) in [5.74, 6) is 0.902. The molecule has 0 aromatic carbocycles. The lowest BCUT2D eigenvalue weighted by molar-refractivity contribution is 0.0572. The van der Waals surface area contributed by atoms with Crippen molar-refractivity contribution in [3.8, 4) is 0 Å². The number of hydrogen-bond acceptors (Lipinski definition) is 4. The van der Waals surface area contributed by atoms with E-state index in [1.54, 1.807) is 11.9 Å². The number of hydrogen-bond donors (Lipinski definition) is 1. The molecule has 7 nitrogen and oxygen atoms in total. The highest BCUT2D eigenvalue weighted by atomic mass is 127. The van der Waals surface area contributed by atoms with Gasteiger partial charge in [0, 0.05) is 46.4 Å². The molecule has 1 aliphatic carbocycles. The lowest BCUT2D eigenvalue weighted by Crippen LogP contribution is -2.54. The van der Waals surface area contributed by atoms with Crippen molar-refractivity contribution in [1.82, 2.24) is 15.1 Å². The summed E-state index contributed by atoms with van der Waals surface area (Å²) in [5, 5.41) is 3.39. The lowest BCUT2D eigenvalue weighted by atomic mass is 10.3. The van der Waals surface area contributed by atoms with Crippen LogP contribution in [0.15, 0.2) is 4.99 Å².